The van der Waals surface area contributed by atoms with Crippen molar-refractivity contribution in [3.63, 3.8) is 0 Å². The molecule has 1 aromatic rings. The van der Waals surface area contributed by atoms with E-state index in [2.05, 4.69) is 13.8 Å². The lowest BCUT2D eigenvalue weighted by Gasteiger charge is -2.15. The molecule has 16 heavy (non-hydrogen) atoms. The zero-order valence-corrected chi connectivity index (χ0v) is 11.2. The van der Waals surface area contributed by atoms with Crippen molar-refractivity contribution in [2.24, 2.45) is 5.92 Å². The first kappa shape index (κ1) is 13.8. The highest BCUT2D eigenvalue weighted by Gasteiger charge is 2.12. The maximum absolute atomic E-state index is 9.92. The summed E-state index contributed by atoms with van der Waals surface area (Å²) in [5, 5.41) is 11.3. The van der Waals surface area contributed by atoms with Crippen LogP contribution < -0.4 is 0 Å². The summed E-state index contributed by atoms with van der Waals surface area (Å²) in [6.07, 6.45) is 2.12. The number of aliphatic hydroxyl groups excluding tert-OH is 1. The fraction of sp³-hybridized carbons (Fsp3) is 0.538. The first-order valence-electron chi connectivity index (χ1n) is 5.65. The van der Waals surface area contributed by atoms with Crippen molar-refractivity contribution in [2.45, 2.75) is 39.2 Å². The largest absolute Gasteiger partial charge is 0.393 e. The molecule has 3 heteroatoms. The highest BCUT2D eigenvalue weighted by atomic mass is 35.5. The second kappa shape index (κ2) is 6.48. The molecule has 1 rings (SSSR count). The molecule has 0 aromatic heterocycles. The Morgan fingerprint density at radius 3 is 2.62 bits per heavy atom. The van der Waals surface area contributed by atoms with Gasteiger partial charge in [-0.3, -0.25) is 0 Å². The molecule has 0 aliphatic rings. The van der Waals surface area contributed by atoms with Crippen molar-refractivity contribution in [3.8, 4) is 0 Å². The minimum atomic E-state index is -0.342. The summed E-state index contributed by atoms with van der Waals surface area (Å²) in [6, 6.07) is 5.35. The summed E-state index contributed by atoms with van der Waals surface area (Å²) in [4.78, 5) is 0. The third-order valence-electron chi connectivity index (χ3n) is 2.83. The molecule has 0 heterocycles. The van der Waals surface area contributed by atoms with Gasteiger partial charge >= 0.3 is 0 Å². The summed E-state index contributed by atoms with van der Waals surface area (Å²) in [5.74, 6) is 0.535. The summed E-state index contributed by atoms with van der Waals surface area (Å²) in [7, 11) is 0. The Morgan fingerprint density at radius 2 is 2.00 bits per heavy atom. The number of rotatable bonds is 5. The molecule has 1 aromatic carbocycles. The molecule has 0 aliphatic heterocycles. The maximum atomic E-state index is 9.92. The number of benzene rings is 1. The van der Waals surface area contributed by atoms with Gasteiger partial charge in [0.1, 0.15) is 0 Å². The van der Waals surface area contributed by atoms with Crippen molar-refractivity contribution in [3.05, 3.63) is 33.8 Å². The summed E-state index contributed by atoms with van der Waals surface area (Å²) >= 11 is 11.9. The predicted octanol–water partition coefficient (Wildman–Crippen LogP) is 4.33. The molecule has 1 N–H and O–H groups in total. The van der Waals surface area contributed by atoms with E-state index >= 15 is 0 Å². The van der Waals surface area contributed by atoms with E-state index in [-0.39, 0.29) is 6.10 Å². The first-order valence-corrected chi connectivity index (χ1v) is 6.40. The van der Waals surface area contributed by atoms with Crippen LogP contribution >= 0.6 is 23.2 Å². The lowest BCUT2D eigenvalue weighted by Crippen LogP contribution is -2.14. The van der Waals surface area contributed by atoms with Gasteiger partial charge in [-0.1, -0.05) is 43.5 Å². The van der Waals surface area contributed by atoms with Gasteiger partial charge in [-0.15, -0.1) is 0 Å². The lowest BCUT2D eigenvalue weighted by atomic mass is 9.97. The fourth-order valence-corrected chi connectivity index (χ4v) is 2.06. The highest BCUT2D eigenvalue weighted by molar-refractivity contribution is 6.33. The van der Waals surface area contributed by atoms with Gasteiger partial charge in [-0.05, 0) is 42.5 Å². The van der Waals surface area contributed by atoms with Crippen molar-refractivity contribution < 1.29 is 5.11 Å². The number of hydrogen-bond donors (Lipinski definition) is 1. The van der Waals surface area contributed by atoms with Gasteiger partial charge in [0.15, 0.2) is 0 Å². The number of hydrogen-bond acceptors (Lipinski definition) is 1. The van der Waals surface area contributed by atoms with Gasteiger partial charge in [-0.25, -0.2) is 0 Å². The lowest BCUT2D eigenvalue weighted by molar-refractivity contribution is 0.145. The Labute approximate surface area is 107 Å². The third-order valence-corrected chi connectivity index (χ3v) is 3.44. The van der Waals surface area contributed by atoms with E-state index in [0.29, 0.717) is 22.4 Å². The maximum Gasteiger partial charge on any atom is 0.0583 e. The zero-order valence-electron chi connectivity index (χ0n) is 9.71. The van der Waals surface area contributed by atoms with Crippen LogP contribution in [0.5, 0.6) is 0 Å². The first-order chi connectivity index (χ1) is 7.52. The van der Waals surface area contributed by atoms with Crippen molar-refractivity contribution in [1.82, 2.24) is 0 Å². The molecule has 90 valence electrons. The molecule has 0 aliphatic carbocycles. The van der Waals surface area contributed by atoms with Crippen LogP contribution in [-0.4, -0.2) is 11.2 Å². The quantitative estimate of drug-likeness (QED) is 0.836. The highest BCUT2D eigenvalue weighted by Crippen LogP contribution is 2.23. The van der Waals surface area contributed by atoms with E-state index in [0.717, 1.165) is 18.4 Å². The van der Waals surface area contributed by atoms with E-state index < -0.39 is 0 Å². The second-order valence-electron chi connectivity index (χ2n) is 4.34. The molecule has 2 atom stereocenters. The number of halogens is 2. The second-order valence-corrected chi connectivity index (χ2v) is 5.19. The number of aliphatic hydroxyl groups is 1. The standard InChI is InChI=1S/C13H18Cl2O/c1-3-9(2)6-12(16)8-10-7-11(14)4-5-13(10)15/h4-5,7,9,12,16H,3,6,8H2,1-2H3. The molecule has 0 saturated heterocycles. The minimum Gasteiger partial charge on any atom is -0.393 e. The van der Waals surface area contributed by atoms with E-state index in [1.165, 1.54) is 0 Å². The fourth-order valence-electron chi connectivity index (χ4n) is 1.67. The molecule has 2 unspecified atom stereocenters. The Bertz CT molecular complexity index is 339. The van der Waals surface area contributed by atoms with E-state index in [4.69, 9.17) is 23.2 Å². The molecular weight excluding hydrogens is 243 g/mol. The molecule has 0 amide bonds. The van der Waals surface area contributed by atoms with Crippen LogP contribution in [-0.2, 0) is 6.42 Å². The Balaban J connectivity index is 2.61. The minimum absolute atomic E-state index is 0.342. The van der Waals surface area contributed by atoms with Gasteiger partial charge in [0.2, 0.25) is 0 Å². The molecule has 0 bridgehead atoms. The van der Waals surface area contributed by atoms with Gasteiger partial charge < -0.3 is 5.11 Å². The van der Waals surface area contributed by atoms with Crippen molar-refractivity contribution >= 4 is 23.2 Å². The Hall–Kier alpha value is -0.240. The van der Waals surface area contributed by atoms with Crippen LogP contribution in [0.15, 0.2) is 18.2 Å². The molecule has 0 saturated carbocycles. The van der Waals surface area contributed by atoms with Crippen LogP contribution in [0.25, 0.3) is 0 Å². The summed E-state index contributed by atoms with van der Waals surface area (Å²) in [5.41, 5.74) is 0.921. The Morgan fingerprint density at radius 1 is 1.31 bits per heavy atom. The van der Waals surface area contributed by atoms with E-state index in [9.17, 15) is 5.11 Å². The summed E-state index contributed by atoms with van der Waals surface area (Å²) in [6.45, 7) is 4.27. The van der Waals surface area contributed by atoms with Gasteiger partial charge in [0.25, 0.3) is 0 Å². The summed E-state index contributed by atoms with van der Waals surface area (Å²) < 4.78 is 0. The zero-order chi connectivity index (χ0) is 12.1. The van der Waals surface area contributed by atoms with Crippen LogP contribution in [0.4, 0.5) is 0 Å². The van der Waals surface area contributed by atoms with E-state index in [1.807, 2.05) is 6.07 Å². The Kier molecular flexibility index (Phi) is 5.60. The van der Waals surface area contributed by atoms with Crippen LogP contribution in [0.2, 0.25) is 10.0 Å². The molecular formula is C13H18Cl2O. The van der Waals surface area contributed by atoms with Gasteiger partial charge in [0.05, 0.1) is 6.10 Å². The van der Waals surface area contributed by atoms with E-state index in [1.54, 1.807) is 12.1 Å². The normalized spacial score (nSPS) is 14.8. The topological polar surface area (TPSA) is 20.2 Å². The van der Waals surface area contributed by atoms with Gasteiger partial charge in [-0.2, -0.15) is 0 Å². The third kappa shape index (κ3) is 4.32. The SMILES string of the molecule is CCC(C)CC(O)Cc1cc(Cl)ccc1Cl. The molecule has 0 fully saturated rings. The van der Waals surface area contributed by atoms with Gasteiger partial charge in [0, 0.05) is 10.0 Å². The average Bonchev–Trinajstić information content (AvgIpc) is 2.23. The monoisotopic (exact) mass is 260 g/mol. The van der Waals surface area contributed by atoms with Crippen LogP contribution in [0.1, 0.15) is 32.3 Å². The molecule has 0 radical (unpaired) electrons. The van der Waals surface area contributed by atoms with Crippen molar-refractivity contribution in [1.29, 1.82) is 0 Å². The smallest absolute Gasteiger partial charge is 0.0583 e. The van der Waals surface area contributed by atoms with Crippen LogP contribution in [0.3, 0.4) is 0 Å². The molecule has 0 spiro atoms. The van der Waals surface area contributed by atoms with Crippen molar-refractivity contribution in [2.75, 3.05) is 0 Å². The van der Waals surface area contributed by atoms with Crippen LogP contribution in [0, 0.1) is 5.92 Å². The molecule has 1 nitrogen and oxygen atoms in total. The average molecular weight is 261 g/mol. The predicted molar refractivity (Wildman–Crippen MR) is 70.2 cm³/mol.